The van der Waals surface area contributed by atoms with E-state index in [1.165, 1.54) is 0 Å². The van der Waals surface area contributed by atoms with E-state index in [9.17, 15) is 0 Å². The van der Waals surface area contributed by atoms with Crippen LogP contribution in [0.15, 0.2) is 12.3 Å². The van der Waals surface area contributed by atoms with E-state index in [0.717, 1.165) is 50.5 Å². The van der Waals surface area contributed by atoms with Gasteiger partial charge in [-0.25, -0.2) is 4.98 Å². The van der Waals surface area contributed by atoms with Crippen molar-refractivity contribution >= 4 is 17.4 Å². The van der Waals surface area contributed by atoms with Crippen LogP contribution in [0.3, 0.4) is 0 Å². The van der Waals surface area contributed by atoms with E-state index < -0.39 is 0 Å². The lowest BCUT2D eigenvalue weighted by atomic mass is 10.2. The minimum atomic E-state index is 0.704. The van der Waals surface area contributed by atoms with Gasteiger partial charge in [-0.2, -0.15) is 0 Å². The van der Waals surface area contributed by atoms with Gasteiger partial charge in [-0.15, -0.1) is 0 Å². The van der Waals surface area contributed by atoms with Crippen LogP contribution in [0.1, 0.15) is 25.3 Å². The number of halogens is 1. The van der Waals surface area contributed by atoms with Crippen LogP contribution < -0.4 is 10.2 Å². The summed E-state index contributed by atoms with van der Waals surface area (Å²) in [7, 11) is 3.71. The molecule has 0 bridgehead atoms. The lowest BCUT2D eigenvalue weighted by molar-refractivity contribution is 0.196. The summed E-state index contributed by atoms with van der Waals surface area (Å²) in [6.45, 7) is 5.61. The third-order valence-corrected chi connectivity index (χ3v) is 3.12. The fraction of sp³-hybridized carbons (Fsp3) is 0.643. The fourth-order valence-corrected chi connectivity index (χ4v) is 2.14. The summed E-state index contributed by atoms with van der Waals surface area (Å²) in [6.07, 6.45) is 3.98. The Morgan fingerprint density at radius 3 is 2.89 bits per heavy atom. The lowest BCUT2D eigenvalue weighted by Crippen LogP contribution is -2.21. The first-order chi connectivity index (χ1) is 9.19. The molecule has 5 heteroatoms. The zero-order valence-corrected chi connectivity index (χ0v) is 12.8. The van der Waals surface area contributed by atoms with E-state index in [1.54, 1.807) is 7.11 Å². The molecule has 0 amide bonds. The van der Waals surface area contributed by atoms with Crippen LogP contribution in [0.2, 0.25) is 5.02 Å². The molecule has 1 rings (SSSR count). The molecule has 0 aliphatic heterocycles. The van der Waals surface area contributed by atoms with Crippen LogP contribution in [0, 0.1) is 0 Å². The molecular formula is C14H24ClN3O. The maximum Gasteiger partial charge on any atom is 0.147 e. The van der Waals surface area contributed by atoms with Crippen LogP contribution in [0.4, 0.5) is 5.82 Å². The van der Waals surface area contributed by atoms with Gasteiger partial charge >= 0.3 is 0 Å². The van der Waals surface area contributed by atoms with E-state index in [0.29, 0.717) is 5.02 Å². The molecule has 0 aromatic carbocycles. The Morgan fingerprint density at radius 1 is 1.47 bits per heavy atom. The number of rotatable bonds is 9. The van der Waals surface area contributed by atoms with Crippen LogP contribution in [-0.2, 0) is 11.3 Å². The number of nitrogens with one attached hydrogen (secondary N) is 1. The average Bonchev–Trinajstić information content (AvgIpc) is 2.39. The normalized spacial score (nSPS) is 10.7. The Kier molecular flexibility index (Phi) is 7.79. The molecule has 0 saturated heterocycles. The van der Waals surface area contributed by atoms with Crippen molar-refractivity contribution in [3.05, 3.63) is 22.8 Å². The Hall–Kier alpha value is -0.840. The van der Waals surface area contributed by atoms with E-state index in [1.807, 2.05) is 19.3 Å². The highest BCUT2D eigenvalue weighted by atomic mass is 35.5. The van der Waals surface area contributed by atoms with Crippen molar-refractivity contribution in [1.29, 1.82) is 0 Å². The number of aromatic nitrogens is 1. The third kappa shape index (κ3) is 5.76. The fourth-order valence-electron chi connectivity index (χ4n) is 1.81. The monoisotopic (exact) mass is 285 g/mol. The molecule has 0 fully saturated rings. The summed E-state index contributed by atoms with van der Waals surface area (Å²) >= 11 is 6.29. The number of anilines is 1. The van der Waals surface area contributed by atoms with Gasteiger partial charge in [0.2, 0.25) is 0 Å². The SMILES string of the molecule is CCCNCc1cnc(N(C)CCCOC)c(Cl)c1. The Morgan fingerprint density at radius 2 is 2.26 bits per heavy atom. The molecule has 0 radical (unpaired) electrons. The first-order valence-electron chi connectivity index (χ1n) is 6.74. The van der Waals surface area contributed by atoms with Gasteiger partial charge in [-0.05, 0) is 31.0 Å². The smallest absolute Gasteiger partial charge is 0.147 e. The second-order valence-corrected chi connectivity index (χ2v) is 5.00. The van der Waals surface area contributed by atoms with E-state index in [2.05, 4.69) is 22.1 Å². The highest BCUT2D eigenvalue weighted by molar-refractivity contribution is 6.33. The topological polar surface area (TPSA) is 37.4 Å². The van der Waals surface area contributed by atoms with Crippen molar-refractivity contribution in [1.82, 2.24) is 10.3 Å². The molecule has 0 unspecified atom stereocenters. The molecule has 0 aliphatic rings. The van der Waals surface area contributed by atoms with Gasteiger partial charge < -0.3 is 15.0 Å². The maximum absolute atomic E-state index is 6.29. The van der Waals surface area contributed by atoms with Crippen LogP contribution in [-0.4, -0.2) is 38.8 Å². The van der Waals surface area contributed by atoms with E-state index in [4.69, 9.17) is 16.3 Å². The summed E-state index contributed by atoms with van der Waals surface area (Å²) in [5.41, 5.74) is 1.12. The number of pyridine rings is 1. The molecule has 4 nitrogen and oxygen atoms in total. The van der Waals surface area contributed by atoms with Gasteiger partial charge in [0.1, 0.15) is 5.82 Å². The number of methoxy groups -OCH3 is 1. The first-order valence-corrected chi connectivity index (χ1v) is 7.12. The second kappa shape index (κ2) is 9.13. The maximum atomic E-state index is 6.29. The Bertz CT molecular complexity index is 374. The number of ether oxygens (including phenoxy) is 1. The van der Waals surface area contributed by atoms with Crippen molar-refractivity contribution in [2.24, 2.45) is 0 Å². The van der Waals surface area contributed by atoms with Gasteiger partial charge in [-0.1, -0.05) is 18.5 Å². The molecule has 19 heavy (non-hydrogen) atoms. The van der Waals surface area contributed by atoms with E-state index >= 15 is 0 Å². The van der Waals surface area contributed by atoms with Gasteiger partial charge in [0.05, 0.1) is 5.02 Å². The molecule has 0 saturated carbocycles. The lowest BCUT2D eigenvalue weighted by Gasteiger charge is -2.19. The molecule has 1 aromatic rings. The van der Waals surface area contributed by atoms with Gasteiger partial charge in [-0.3, -0.25) is 0 Å². The van der Waals surface area contributed by atoms with Crippen molar-refractivity contribution in [2.45, 2.75) is 26.3 Å². The Balaban J connectivity index is 2.55. The molecule has 0 atom stereocenters. The van der Waals surface area contributed by atoms with Crippen LogP contribution in [0.5, 0.6) is 0 Å². The van der Waals surface area contributed by atoms with Gasteiger partial charge in [0, 0.05) is 40.1 Å². The Labute approximate surface area is 121 Å². The molecule has 108 valence electrons. The van der Waals surface area contributed by atoms with Gasteiger partial charge in [0.25, 0.3) is 0 Å². The number of nitrogens with zero attached hydrogens (tertiary/aromatic N) is 2. The zero-order valence-electron chi connectivity index (χ0n) is 12.1. The summed E-state index contributed by atoms with van der Waals surface area (Å²) in [5, 5.41) is 4.04. The predicted octanol–water partition coefficient (Wildman–Crippen LogP) is 2.71. The van der Waals surface area contributed by atoms with Crippen molar-refractivity contribution in [3.8, 4) is 0 Å². The summed E-state index contributed by atoms with van der Waals surface area (Å²) in [6, 6.07) is 1.99. The highest BCUT2D eigenvalue weighted by Gasteiger charge is 2.08. The van der Waals surface area contributed by atoms with Crippen LogP contribution >= 0.6 is 11.6 Å². The molecular weight excluding hydrogens is 262 g/mol. The number of hydrogen-bond donors (Lipinski definition) is 1. The second-order valence-electron chi connectivity index (χ2n) is 4.59. The van der Waals surface area contributed by atoms with Crippen molar-refractivity contribution in [2.75, 3.05) is 38.8 Å². The van der Waals surface area contributed by atoms with Crippen molar-refractivity contribution < 1.29 is 4.74 Å². The predicted molar refractivity (Wildman–Crippen MR) is 81.0 cm³/mol. The summed E-state index contributed by atoms with van der Waals surface area (Å²) in [5.74, 6) is 0.831. The highest BCUT2D eigenvalue weighted by Crippen LogP contribution is 2.23. The third-order valence-electron chi connectivity index (χ3n) is 2.84. The average molecular weight is 286 g/mol. The van der Waals surface area contributed by atoms with Crippen LogP contribution in [0.25, 0.3) is 0 Å². The first kappa shape index (κ1) is 16.2. The quantitative estimate of drug-likeness (QED) is 0.708. The molecule has 0 spiro atoms. The molecule has 1 N–H and O–H groups in total. The molecule has 0 aliphatic carbocycles. The largest absolute Gasteiger partial charge is 0.385 e. The zero-order chi connectivity index (χ0) is 14.1. The molecule has 1 heterocycles. The minimum Gasteiger partial charge on any atom is -0.385 e. The molecule has 1 aromatic heterocycles. The minimum absolute atomic E-state index is 0.704. The summed E-state index contributed by atoms with van der Waals surface area (Å²) in [4.78, 5) is 6.51. The van der Waals surface area contributed by atoms with Gasteiger partial charge in [0.15, 0.2) is 0 Å². The van der Waals surface area contributed by atoms with E-state index in [-0.39, 0.29) is 0 Å². The standard InChI is InChI=1S/C14H24ClN3O/c1-4-6-16-10-12-9-13(15)14(17-11-12)18(2)7-5-8-19-3/h9,11,16H,4-8,10H2,1-3H3. The van der Waals surface area contributed by atoms with Crippen molar-refractivity contribution in [3.63, 3.8) is 0 Å². The summed E-state index contributed by atoms with van der Waals surface area (Å²) < 4.78 is 5.04. The number of hydrogen-bond acceptors (Lipinski definition) is 4.